The zero-order valence-electron chi connectivity index (χ0n) is 39.5. The van der Waals surface area contributed by atoms with Gasteiger partial charge in [-0.1, -0.05) is 182 Å². The van der Waals surface area contributed by atoms with E-state index in [1.165, 1.54) is 54.9 Å². The average Bonchev–Trinajstić information content (AvgIpc) is 4.31. The van der Waals surface area contributed by atoms with Crippen LogP contribution in [0.1, 0.15) is 22.3 Å². The molecule has 0 fully saturated rings. The summed E-state index contributed by atoms with van der Waals surface area (Å²) in [6, 6.07) is 92.7. The number of anilines is 6. The zero-order valence-corrected chi connectivity index (χ0v) is 39.5. The Morgan fingerprint density at radius 1 is 0.288 bits per heavy atom. The van der Waals surface area contributed by atoms with Crippen molar-refractivity contribution in [2.75, 3.05) is 9.80 Å². The Morgan fingerprint density at radius 3 is 1.32 bits per heavy atom. The first-order chi connectivity index (χ1) is 36.2. The number of para-hydroxylation sites is 4. The van der Waals surface area contributed by atoms with Crippen molar-refractivity contribution in [1.82, 2.24) is 0 Å². The summed E-state index contributed by atoms with van der Waals surface area (Å²) in [5.74, 6) is 0. The number of rotatable bonds is 6. The van der Waals surface area contributed by atoms with Gasteiger partial charge in [-0.3, -0.25) is 0 Å². The maximum atomic E-state index is 7.49. The van der Waals surface area contributed by atoms with E-state index in [0.29, 0.717) is 0 Å². The van der Waals surface area contributed by atoms with Gasteiger partial charge in [0.05, 0.1) is 22.2 Å². The van der Waals surface area contributed by atoms with E-state index in [2.05, 4.69) is 265 Å². The van der Waals surface area contributed by atoms with Gasteiger partial charge in [-0.2, -0.15) is 0 Å². The van der Waals surface area contributed by atoms with Crippen LogP contribution in [-0.4, -0.2) is 0 Å². The van der Waals surface area contributed by atoms with Crippen LogP contribution in [0.15, 0.2) is 264 Å². The van der Waals surface area contributed by atoms with E-state index in [9.17, 15) is 0 Å². The van der Waals surface area contributed by atoms with Crippen LogP contribution >= 0.6 is 0 Å². The van der Waals surface area contributed by atoms with E-state index in [0.717, 1.165) is 89.1 Å². The number of hydrogen-bond donors (Lipinski definition) is 0. The van der Waals surface area contributed by atoms with Gasteiger partial charge in [0.15, 0.2) is 5.58 Å². The molecule has 2 aliphatic rings. The highest BCUT2D eigenvalue weighted by Gasteiger charge is 2.54. The second-order valence-corrected chi connectivity index (χ2v) is 19.5. The molecule has 340 valence electrons. The molecule has 0 aliphatic heterocycles. The summed E-state index contributed by atoms with van der Waals surface area (Å²) in [5, 5.41) is 8.96. The van der Waals surface area contributed by atoms with Gasteiger partial charge >= 0.3 is 0 Å². The van der Waals surface area contributed by atoms with Crippen LogP contribution in [0.25, 0.3) is 87.7 Å². The highest BCUT2D eigenvalue weighted by atomic mass is 16.3. The van der Waals surface area contributed by atoms with Gasteiger partial charge in [0.25, 0.3) is 0 Å². The molecule has 4 nitrogen and oxygen atoms in total. The molecule has 0 bridgehead atoms. The molecule has 0 N–H and O–H groups in total. The molecule has 16 rings (SSSR count). The molecule has 0 radical (unpaired) electrons. The van der Waals surface area contributed by atoms with E-state index in [-0.39, 0.29) is 0 Å². The van der Waals surface area contributed by atoms with Crippen molar-refractivity contribution >= 4 is 99.5 Å². The van der Waals surface area contributed by atoms with Gasteiger partial charge in [-0.15, -0.1) is 0 Å². The number of furan rings is 2. The van der Waals surface area contributed by atoms with E-state index in [1.807, 2.05) is 0 Å². The van der Waals surface area contributed by atoms with Crippen molar-refractivity contribution in [3.63, 3.8) is 0 Å². The van der Waals surface area contributed by atoms with Gasteiger partial charge in [0, 0.05) is 50.0 Å². The summed E-state index contributed by atoms with van der Waals surface area (Å²) >= 11 is 0. The number of hydrogen-bond acceptors (Lipinski definition) is 4. The lowest BCUT2D eigenvalue weighted by Crippen LogP contribution is -2.26. The zero-order chi connectivity index (χ0) is 47.8. The molecule has 73 heavy (non-hydrogen) atoms. The van der Waals surface area contributed by atoms with Crippen LogP contribution in [0, 0.1) is 0 Å². The van der Waals surface area contributed by atoms with Crippen molar-refractivity contribution in [1.29, 1.82) is 0 Å². The van der Waals surface area contributed by atoms with Gasteiger partial charge in [0.2, 0.25) is 0 Å². The monoisotopic (exact) mass is 930 g/mol. The number of benzene rings is 12. The minimum Gasteiger partial charge on any atom is -0.455 e. The molecule has 4 heteroatoms. The van der Waals surface area contributed by atoms with Gasteiger partial charge in [-0.05, 0) is 128 Å². The van der Waals surface area contributed by atoms with E-state index in [1.54, 1.807) is 0 Å². The Bertz CT molecular complexity index is 4540. The molecule has 12 aromatic carbocycles. The van der Waals surface area contributed by atoms with Crippen LogP contribution in [0.4, 0.5) is 34.1 Å². The molecule has 0 saturated carbocycles. The largest absolute Gasteiger partial charge is 0.455 e. The van der Waals surface area contributed by atoms with Crippen LogP contribution in [0.3, 0.4) is 0 Å². The summed E-state index contributed by atoms with van der Waals surface area (Å²) in [7, 11) is 0. The minimum absolute atomic E-state index is 0.793. The third kappa shape index (κ3) is 5.55. The molecule has 0 unspecified atom stereocenters. The number of fused-ring (bicyclic) bond motifs is 20. The quantitative estimate of drug-likeness (QED) is 0.166. The van der Waals surface area contributed by atoms with E-state index in [4.69, 9.17) is 8.83 Å². The lowest BCUT2D eigenvalue weighted by Gasteiger charge is -2.33. The van der Waals surface area contributed by atoms with Crippen molar-refractivity contribution in [2.24, 2.45) is 0 Å². The first kappa shape index (κ1) is 40.1. The molecule has 2 aliphatic carbocycles. The molecule has 2 aromatic heterocycles. The molecule has 2 heterocycles. The molecule has 0 saturated heterocycles. The first-order valence-corrected chi connectivity index (χ1v) is 25.1. The highest BCUT2D eigenvalue weighted by Crippen LogP contribution is 2.68. The molecule has 0 atom stereocenters. The third-order valence-electron chi connectivity index (χ3n) is 15.8. The van der Waals surface area contributed by atoms with Crippen molar-refractivity contribution in [3.8, 4) is 22.3 Å². The van der Waals surface area contributed by atoms with Crippen molar-refractivity contribution in [2.45, 2.75) is 5.41 Å². The molecular formula is C69H42N2O2. The predicted molar refractivity (Wildman–Crippen MR) is 302 cm³/mol. The SMILES string of the molecule is c1ccc(N(c2ccc3ccccc3c2)c2cc3c(c4c2oc2ccccc24)-c2c(cc(N(c4ccccc4)c4ccc5ccccc5c4)c4c2oc2ccccc24)C32c3ccccc3-c3ccccc32)cc1. The fourth-order valence-corrected chi connectivity index (χ4v) is 12.8. The summed E-state index contributed by atoms with van der Waals surface area (Å²) in [5.41, 5.74) is 18.3. The predicted octanol–water partition coefficient (Wildman–Crippen LogP) is 19.1. The summed E-state index contributed by atoms with van der Waals surface area (Å²) in [6.45, 7) is 0. The summed E-state index contributed by atoms with van der Waals surface area (Å²) in [4.78, 5) is 4.85. The standard InChI is InChI=1S/C69H42N2O2/c1-3-23-47(24-4-1)70(49-37-35-43-19-7-9-21-45(43)39-49)59-41-58-66(68-63(59)53-29-13-17-33-61(53)73-68)65-57(69(58)55-31-15-11-27-51(55)52-28-12-16-32-56(52)69)42-60(67-64(65)54-30-14-18-34-62(54)72-67)71(48-25-5-2-6-26-48)50-38-36-44-20-8-10-22-46(44)40-50/h1-42H. The molecule has 1 spiro atoms. The van der Waals surface area contributed by atoms with Crippen LogP contribution < -0.4 is 9.80 Å². The Hall–Kier alpha value is -9.64. The normalized spacial score (nSPS) is 13.0. The van der Waals surface area contributed by atoms with E-state index < -0.39 is 5.41 Å². The van der Waals surface area contributed by atoms with Gasteiger partial charge < -0.3 is 18.6 Å². The third-order valence-corrected chi connectivity index (χ3v) is 15.8. The maximum absolute atomic E-state index is 7.49. The Labute approximate surface area is 420 Å². The lowest BCUT2D eigenvalue weighted by atomic mass is 9.70. The smallest absolute Gasteiger partial charge is 0.160 e. The summed E-state index contributed by atoms with van der Waals surface area (Å²) < 4.78 is 14.8. The maximum Gasteiger partial charge on any atom is 0.160 e. The van der Waals surface area contributed by atoms with Crippen molar-refractivity contribution < 1.29 is 8.83 Å². The fraction of sp³-hybridized carbons (Fsp3) is 0.0145. The fourth-order valence-electron chi connectivity index (χ4n) is 12.8. The number of nitrogens with zero attached hydrogens (tertiary/aromatic N) is 2. The highest BCUT2D eigenvalue weighted by molar-refractivity contribution is 6.26. The minimum atomic E-state index is -0.793. The van der Waals surface area contributed by atoms with Gasteiger partial charge in [0.1, 0.15) is 16.7 Å². The Morgan fingerprint density at radius 2 is 0.726 bits per heavy atom. The first-order valence-electron chi connectivity index (χ1n) is 25.1. The second-order valence-electron chi connectivity index (χ2n) is 19.5. The summed E-state index contributed by atoms with van der Waals surface area (Å²) in [6.07, 6.45) is 0. The average molecular weight is 931 g/mol. The van der Waals surface area contributed by atoms with Crippen molar-refractivity contribution in [3.05, 3.63) is 277 Å². The topological polar surface area (TPSA) is 32.8 Å². The molecule has 14 aromatic rings. The van der Waals surface area contributed by atoms with Gasteiger partial charge in [-0.25, -0.2) is 0 Å². The Balaban J connectivity index is 1.11. The van der Waals surface area contributed by atoms with Crippen LogP contribution in [0.2, 0.25) is 0 Å². The van der Waals surface area contributed by atoms with Crippen LogP contribution in [-0.2, 0) is 5.41 Å². The second kappa shape index (κ2) is 15.2. The van der Waals surface area contributed by atoms with Crippen LogP contribution in [0.5, 0.6) is 0 Å². The molecular weight excluding hydrogens is 889 g/mol. The molecule has 0 amide bonds. The lowest BCUT2D eigenvalue weighted by molar-refractivity contribution is 0.668. The van der Waals surface area contributed by atoms with E-state index >= 15 is 0 Å². The Kier molecular flexibility index (Phi) is 8.35.